The Hall–Kier alpha value is -0.730. The first-order valence-corrected chi connectivity index (χ1v) is 5.53. The summed E-state index contributed by atoms with van der Waals surface area (Å²) in [5, 5.41) is 37.3. The minimum atomic E-state index is -1.72. The molecule has 5 atom stereocenters. The van der Waals surface area contributed by atoms with E-state index in [9.17, 15) is 25.2 Å². The Morgan fingerprint density at radius 1 is 1.18 bits per heavy atom. The minimum Gasteiger partial charge on any atom is -0.464 e. The highest BCUT2D eigenvalue weighted by Gasteiger charge is 2.46. The van der Waals surface area contributed by atoms with Crippen LogP contribution >= 0.6 is 0 Å². The fourth-order valence-electron chi connectivity index (χ4n) is 1.46. The Labute approximate surface area is 98.6 Å². The van der Waals surface area contributed by atoms with Crippen LogP contribution in [0.25, 0.3) is 0 Å². The van der Waals surface area contributed by atoms with Crippen molar-refractivity contribution in [3.63, 3.8) is 0 Å². The Morgan fingerprint density at radius 3 is 2.41 bits per heavy atom. The van der Waals surface area contributed by atoms with Crippen LogP contribution in [0.5, 0.6) is 0 Å². The summed E-state index contributed by atoms with van der Waals surface area (Å²) < 4.78 is 9.49. The van der Waals surface area contributed by atoms with Gasteiger partial charge in [-0.2, -0.15) is 0 Å². The summed E-state index contributed by atoms with van der Waals surface area (Å²) in [5.41, 5.74) is 0. The van der Waals surface area contributed by atoms with Crippen molar-refractivity contribution in [2.45, 2.75) is 50.5 Å². The highest BCUT2D eigenvalue weighted by atomic mass is 16.7. The standard InChI is InChI=1S/C10H18O7/c1-2-3-4-16-10(15)8-6(12)5(11)7(13)9(14)17-8/h5-9,11-14H,2-4H2,1H3/t5-,6-,7+,8-,9?/m0/s1. The third-order valence-electron chi connectivity index (χ3n) is 2.56. The molecule has 17 heavy (non-hydrogen) atoms. The number of aliphatic hydroxyl groups excluding tert-OH is 4. The molecule has 0 aromatic rings. The van der Waals surface area contributed by atoms with Crippen LogP contribution in [0.2, 0.25) is 0 Å². The highest BCUT2D eigenvalue weighted by Crippen LogP contribution is 2.20. The molecule has 4 N–H and O–H groups in total. The van der Waals surface area contributed by atoms with Crippen LogP contribution in [0.4, 0.5) is 0 Å². The molecular formula is C10H18O7. The van der Waals surface area contributed by atoms with Crippen molar-refractivity contribution in [2.24, 2.45) is 0 Å². The molecule has 0 radical (unpaired) electrons. The van der Waals surface area contributed by atoms with Crippen LogP contribution in [-0.4, -0.2) is 63.7 Å². The van der Waals surface area contributed by atoms with E-state index in [0.717, 1.165) is 6.42 Å². The maximum Gasteiger partial charge on any atom is 0.338 e. The molecule has 100 valence electrons. The van der Waals surface area contributed by atoms with Crippen LogP contribution in [0, 0.1) is 0 Å². The maximum atomic E-state index is 11.5. The molecule has 7 heteroatoms. The van der Waals surface area contributed by atoms with E-state index in [1.165, 1.54) is 0 Å². The second-order valence-corrected chi connectivity index (χ2v) is 3.94. The van der Waals surface area contributed by atoms with Gasteiger partial charge in [-0.05, 0) is 6.42 Å². The van der Waals surface area contributed by atoms with Crippen molar-refractivity contribution in [3.8, 4) is 0 Å². The Kier molecular flexibility index (Phi) is 5.29. The van der Waals surface area contributed by atoms with Crippen molar-refractivity contribution in [2.75, 3.05) is 6.61 Å². The van der Waals surface area contributed by atoms with Gasteiger partial charge in [-0.15, -0.1) is 0 Å². The first-order chi connectivity index (χ1) is 7.99. The number of rotatable bonds is 4. The number of ether oxygens (including phenoxy) is 2. The third kappa shape index (κ3) is 3.36. The zero-order chi connectivity index (χ0) is 13.0. The molecule has 1 unspecified atom stereocenters. The van der Waals surface area contributed by atoms with Crippen molar-refractivity contribution >= 4 is 5.97 Å². The van der Waals surface area contributed by atoms with Crippen LogP contribution in [0.3, 0.4) is 0 Å². The van der Waals surface area contributed by atoms with Gasteiger partial charge in [0.15, 0.2) is 12.4 Å². The molecule has 1 saturated heterocycles. The van der Waals surface area contributed by atoms with E-state index < -0.39 is 36.7 Å². The van der Waals surface area contributed by atoms with Gasteiger partial charge in [0.25, 0.3) is 0 Å². The number of carbonyl (C=O) groups excluding carboxylic acids is 1. The molecule has 1 aliphatic rings. The molecule has 0 spiro atoms. The van der Waals surface area contributed by atoms with Gasteiger partial charge in [0.2, 0.25) is 0 Å². The lowest BCUT2D eigenvalue weighted by molar-refractivity contribution is -0.281. The van der Waals surface area contributed by atoms with Crippen molar-refractivity contribution in [3.05, 3.63) is 0 Å². The van der Waals surface area contributed by atoms with Gasteiger partial charge in [0, 0.05) is 0 Å². The van der Waals surface area contributed by atoms with Crippen molar-refractivity contribution in [1.82, 2.24) is 0 Å². The first kappa shape index (κ1) is 14.3. The SMILES string of the molecule is CCCCOC(=O)[C@H]1OC(O)[C@H](O)[C@@H](O)[C@@H]1O. The number of hydrogen-bond acceptors (Lipinski definition) is 7. The summed E-state index contributed by atoms with van der Waals surface area (Å²) >= 11 is 0. The predicted octanol–water partition coefficient (Wildman–Crippen LogP) is -1.87. The molecule has 0 bridgehead atoms. The van der Waals surface area contributed by atoms with Crippen molar-refractivity contribution < 1.29 is 34.7 Å². The van der Waals surface area contributed by atoms with E-state index in [1.807, 2.05) is 6.92 Å². The zero-order valence-electron chi connectivity index (χ0n) is 9.52. The molecule has 0 aliphatic carbocycles. The molecular weight excluding hydrogens is 232 g/mol. The van der Waals surface area contributed by atoms with E-state index in [-0.39, 0.29) is 6.61 Å². The molecule has 0 saturated carbocycles. The van der Waals surface area contributed by atoms with Crippen LogP contribution in [-0.2, 0) is 14.3 Å². The molecule has 1 rings (SSSR count). The summed E-state index contributed by atoms with van der Waals surface area (Å²) in [7, 11) is 0. The zero-order valence-corrected chi connectivity index (χ0v) is 9.52. The summed E-state index contributed by atoms with van der Waals surface area (Å²) in [6.45, 7) is 2.10. The van der Waals surface area contributed by atoms with E-state index in [1.54, 1.807) is 0 Å². The normalized spacial score (nSPS) is 37.8. The monoisotopic (exact) mass is 250 g/mol. The number of carbonyl (C=O) groups is 1. The molecule has 1 fully saturated rings. The van der Waals surface area contributed by atoms with Gasteiger partial charge >= 0.3 is 5.97 Å². The molecule has 7 nitrogen and oxygen atoms in total. The third-order valence-corrected chi connectivity index (χ3v) is 2.56. The number of unbranched alkanes of at least 4 members (excludes halogenated alkanes) is 1. The lowest BCUT2D eigenvalue weighted by Gasteiger charge is -2.36. The number of hydrogen-bond donors (Lipinski definition) is 4. The summed E-state index contributed by atoms with van der Waals surface area (Å²) in [5.74, 6) is -0.865. The first-order valence-electron chi connectivity index (χ1n) is 5.53. The number of aliphatic hydroxyl groups is 4. The molecule has 0 amide bonds. The smallest absolute Gasteiger partial charge is 0.338 e. The predicted molar refractivity (Wildman–Crippen MR) is 54.8 cm³/mol. The quantitative estimate of drug-likeness (QED) is 0.341. The topological polar surface area (TPSA) is 116 Å². The summed E-state index contributed by atoms with van der Waals surface area (Å²) in [6.07, 6.45) is -6.62. The average molecular weight is 250 g/mol. The summed E-state index contributed by atoms with van der Waals surface area (Å²) in [6, 6.07) is 0. The number of esters is 1. The van der Waals surface area contributed by atoms with Gasteiger partial charge in [0.05, 0.1) is 6.61 Å². The lowest BCUT2D eigenvalue weighted by atomic mass is 9.99. The van der Waals surface area contributed by atoms with Crippen molar-refractivity contribution in [1.29, 1.82) is 0 Å². The Balaban J connectivity index is 2.54. The van der Waals surface area contributed by atoms with Gasteiger partial charge in [-0.1, -0.05) is 13.3 Å². The van der Waals surface area contributed by atoms with Crippen LogP contribution < -0.4 is 0 Å². The fraction of sp³-hybridized carbons (Fsp3) is 0.900. The summed E-state index contributed by atoms with van der Waals surface area (Å²) in [4.78, 5) is 11.5. The van der Waals surface area contributed by atoms with Gasteiger partial charge in [0.1, 0.15) is 18.3 Å². The van der Waals surface area contributed by atoms with Crippen LogP contribution in [0.1, 0.15) is 19.8 Å². The van der Waals surface area contributed by atoms with E-state index in [4.69, 9.17) is 9.47 Å². The van der Waals surface area contributed by atoms with Gasteiger partial charge < -0.3 is 29.9 Å². The molecule has 0 aromatic carbocycles. The Bertz CT molecular complexity index is 257. The van der Waals surface area contributed by atoms with E-state index in [2.05, 4.69) is 0 Å². The maximum absolute atomic E-state index is 11.5. The van der Waals surface area contributed by atoms with Crippen LogP contribution in [0.15, 0.2) is 0 Å². The second kappa shape index (κ2) is 6.27. The van der Waals surface area contributed by atoms with E-state index >= 15 is 0 Å². The van der Waals surface area contributed by atoms with Gasteiger partial charge in [-0.3, -0.25) is 0 Å². The minimum absolute atomic E-state index is 0.177. The Morgan fingerprint density at radius 2 is 1.82 bits per heavy atom. The average Bonchev–Trinajstić information content (AvgIpc) is 2.31. The highest BCUT2D eigenvalue weighted by molar-refractivity contribution is 5.75. The molecule has 1 heterocycles. The second-order valence-electron chi connectivity index (χ2n) is 3.94. The largest absolute Gasteiger partial charge is 0.464 e. The molecule has 1 aliphatic heterocycles. The lowest BCUT2D eigenvalue weighted by Crippen LogP contribution is -2.59. The molecule has 0 aromatic heterocycles. The van der Waals surface area contributed by atoms with E-state index in [0.29, 0.717) is 6.42 Å². The fourth-order valence-corrected chi connectivity index (χ4v) is 1.46. The van der Waals surface area contributed by atoms with Gasteiger partial charge in [-0.25, -0.2) is 4.79 Å².